The van der Waals surface area contributed by atoms with Crippen LogP contribution >= 0.6 is 11.3 Å². The minimum absolute atomic E-state index is 0.211. The number of anilines is 3. The Kier molecular flexibility index (Phi) is 6.39. The molecule has 0 aliphatic carbocycles. The molecule has 1 aliphatic rings. The number of carbonyl (C=O) groups is 2. The van der Waals surface area contributed by atoms with Crippen molar-refractivity contribution in [1.82, 2.24) is 15.1 Å². The first-order valence-corrected chi connectivity index (χ1v) is 12.1. The average molecular weight is 491 g/mol. The van der Waals surface area contributed by atoms with Crippen LogP contribution in [-0.4, -0.2) is 67.2 Å². The largest absolute Gasteiger partial charge is 0.497 e. The quantitative estimate of drug-likeness (QED) is 0.379. The molecule has 1 fully saturated rings. The van der Waals surface area contributed by atoms with Gasteiger partial charge in [-0.15, -0.1) is 11.3 Å². The molecule has 3 N–H and O–H groups in total. The summed E-state index contributed by atoms with van der Waals surface area (Å²) in [6.07, 6.45) is 0. The van der Waals surface area contributed by atoms with E-state index in [-0.39, 0.29) is 11.8 Å². The van der Waals surface area contributed by atoms with Crippen molar-refractivity contribution in [3.63, 3.8) is 0 Å². The van der Waals surface area contributed by atoms with E-state index >= 15 is 0 Å². The number of benzene rings is 2. The lowest BCUT2D eigenvalue weighted by molar-refractivity contribution is 0.102. The number of ether oxygens (including phenoxy) is 1. The third-order valence-electron chi connectivity index (χ3n) is 6.04. The number of amides is 2. The molecule has 0 radical (unpaired) electrons. The number of carbonyl (C=O) groups excluding carboxylic acids is 2. The second kappa shape index (κ2) is 9.77. The number of hydrogen-bond acceptors (Lipinski definition) is 7. The molecule has 2 amide bonds. The van der Waals surface area contributed by atoms with Crippen LogP contribution < -0.4 is 20.3 Å². The summed E-state index contributed by atoms with van der Waals surface area (Å²) in [5, 5.41) is 13.5. The molecule has 1 saturated heterocycles. The van der Waals surface area contributed by atoms with Crippen LogP contribution in [0.5, 0.6) is 5.75 Å². The minimum Gasteiger partial charge on any atom is -0.497 e. The summed E-state index contributed by atoms with van der Waals surface area (Å²) in [4.78, 5) is 31.4. The van der Waals surface area contributed by atoms with Crippen LogP contribution in [0.15, 0.2) is 54.6 Å². The Morgan fingerprint density at radius 1 is 1.00 bits per heavy atom. The van der Waals surface area contributed by atoms with Gasteiger partial charge in [0.1, 0.15) is 10.6 Å². The zero-order chi connectivity index (χ0) is 24.4. The van der Waals surface area contributed by atoms with Gasteiger partial charge in [-0.05, 0) is 55.6 Å². The van der Waals surface area contributed by atoms with Gasteiger partial charge in [-0.3, -0.25) is 14.7 Å². The number of aromatic amines is 1. The predicted molar refractivity (Wildman–Crippen MR) is 139 cm³/mol. The maximum Gasteiger partial charge on any atom is 0.265 e. The van der Waals surface area contributed by atoms with Gasteiger partial charge in [0.2, 0.25) is 0 Å². The Labute approximate surface area is 206 Å². The van der Waals surface area contributed by atoms with E-state index in [1.165, 1.54) is 11.3 Å². The summed E-state index contributed by atoms with van der Waals surface area (Å²) in [5.41, 5.74) is 2.34. The molecule has 1 aliphatic heterocycles. The fourth-order valence-electron chi connectivity index (χ4n) is 3.98. The van der Waals surface area contributed by atoms with Gasteiger partial charge in [-0.25, -0.2) is 0 Å². The zero-order valence-electron chi connectivity index (χ0n) is 19.5. The van der Waals surface area contributed by atoms with Crippen molar-refractivity contribution in [2.45, 2.75) is 0 Å². The van der Waals surface area contributed by atoms with Crippen molar-refractivity contribution >= 4 is 50.6 Å². The molecule has 180 valence electrons. The van der Waals surface area contributed by atoms with E-state index in [9.17, 15) is 9.59 Å². The highest BCUT2D eigenvalue weighted by atomic mass is 32.1. The van der Waals surface area contributed by atoms with Gasteiger partial charge >= 0.3 is 0 Å². The first-order chi connectivity index (χ1) is 17.0. The van der Waals surface area contributed by atoms with E-state index in [1.54, 1.807) is 37.4 Å². The number of nitrogens with zero attached hydrogens (tertiary/aromatic N) is 3. The molecule has 4 aromatic rings. The Hall–Kier alpha value is -3.89. The Balaban J connectivity index is 1.26. The number of rotatable bonds is 6. The highest BCUT2D eigenvalue weighted by molar-refractivity contribution is 7.20. The fourth-order valence-corrected chi connectivity index (χ4v) is 4.88. The van der Waals surface area contributed by atoms with Crippen LogP contribution in [0.3, 0.4) is 0 Å². The number of nitrogens with one attached hydrogen (secondary N) is 3. The summed E-state index contributed by atoms with van der Waals surface area (Å²) in [7, 11) is 3.68. The molecular formula is C25H26N6O3S. The predicted octanol–water partition coefficient (Wildman–Crippen LogP) is 3.89. The second-order valence-corrected chi connectivity index (χ2v) is 9.46. The van der Waals surface area contributed by atoms with Crippen LogP contribution in [0.4, 0.5) is 17.2 Å². The van der Waals surface area contributed by atoms with E-state index in [4.69, 9.17) is 4.74 Å². The van der Waals surface area contributed by atoms with Gasteiger partial charge in [0.05, 0.1) is 17.4 Å². The number of piperazine rings is 1. The molecule has 35 heavy (non-hydrogen) atoms. The summed E-state index contributed by atoms with van der Waals surface area (Å²) in [5.74, 6) is 0.447. The highest BCUT2D eigenvalue weighted by Crippen LogP contribution is 2.30. The lowest BCUT2D eigenvalue weighted by atomic mass is 10.2. The molecule has 0 bridgehead atoms. The van der Waals surface area contributed by atoms with E-state index in [1.807, 2.05) is 24.3 Å². The van der Waals surface area contributed by atoms with Crippen molar-refractivity contribution in [1.29, 1.82) is 0 Å². The number of thiophene rings is 1. The van der Waals surface area contributed by atoms with Crippen LogP contribution in [0.1, 0.15) is 20.0 Å². The lowest BCUT2D eigenvalue weighted by Crippen LogP contribution is -2.44. The van der Waals surface area contributed by atoms with E-state index < -0.39 is 0 Å². The van der Waals surface area contributed by atoms with Gasteiger partial charge in [0, 0.05) is 43.1 Å². The molecule has 9 nitrogen and oxygen atoms in total. The highest BCUT2D eigenvalue weighted by Gasteiger charge is 2.18. The van der Waals surface area contributed by atoms with Crippen molar-refractivity contribution in [3.05, 3.63) is 65.0 Å². The molecule has 0 atom stereocenters. The molecule has 10 heteroatoms. The average Bonchev–Trinajstić information content (AvgIpc) is 3.47. The van der Waals surface area contributed by atoms with Crippen molar-refractivity contribution < 1.29 is 14.3 Å². The maximum atomic E-state index is 12.9. The Bertz CT molecular complexity index is 1360. The SMILES string of the molecule is COc1cccc(C(=O)Nc2n[nH]c3sc(C(=O)Nc4ccc(N5CCN(C)CC5)cc4)cc23)c1. The number of fused-ring (bicyclic) bond motifs is 1. The normalized spacial score (nSPS) is 14.2. The summed E-state index contributed by atoms with van der Waals surface area (Å²) in [6.45, 7) is 4.07. The van der Waals surface area contributed by atoms with Crippen LogP contribution in [-0.2, 0) is 0 Å². The number of methoxy groups -OCH3 is 1. The third-order valence-corrected chi connectivity index (χ3v) is 7.08. The van der Waals surface area contributed by atoms with Gasteiger partial charge in [0.25, 0.3) is 11.8 Å². The van der Waals surface area contributed by atoms with E-state index in [2.05, 4.69) is 37.7 Å². The van der Waals surface area contributed by atoms with Gasteiger partial charge in [-0.1, -0.05) is 6.07 Å². The molecule has 2 aromatic heterocycles. The van der Waals surface area contributed by atoms with Crippen LogP contribution in [0, 0.1) is 0 Å². The van der Waals surface area contributed by atoms with Crippen LogP contribution in [0.25, 0.3) is 10.2 Å². The van der Waals surface area contributed by atoms with Gasteiger partial charge in [-0.2, -0.15) is 5.10 Å². The molecule has 0 unspecified atom stereocenters. The minimum atomic E-state index is -0.310. The summed E-state index contributed by atoms with van der Waals surface area (Å²) < 4.78 is 5.18. The Morgan fingerprint density at radius 3 is 2.51 bits per heavy atom. The summed E-state index contributed by atoms with van der Waals surface area (Å²) >= 11 is 1.29. The van der Waals surface area contributed by atoms with Crippen molar-refractivity contribution in [2.24, 2.45) is 0 Å². The zero-order valence-corrected chi connectivity index (χ0v) is 20.3. The van der Waals surface area contributed by atoms with E-state index in [0.29, 0.717) is 32.2 Å². The number of aromatic nitrogens is 2. The molecule has 2 aromatic carbocycles. The number of H-pyrrole nitrogens is 1. The first-order valence-electron chi connectivity index (χ1n) is 11.3. The van der Waals surface area contributed by atoms with Crippen molar-refractivity contribution in [2.75, 3.05) is 55.9 Å². The topological polar surface area (TPSA) is 103 Å². The molecule has 0 spiro atoms. The molecule has 0 saturated carbocycles. The van der Waals surface area contributed by atoms with Crippen LogP contribution in [0.2, 0.25) is 0 Å². The van der Waals surface area contributed by atoms with Gasteiger partial charge < -0.3 is 25.2 Å². The molecular weight excluding hydrogens is 464 g/mol. The van der Waals surface area contributed by atoms with Crippen molar-refractivity contribution in [3.8, 4) is 5.75 Å². The standard InChI is InChI=1S/C25H26N6O3S/c1-30-10-12-31(13-11-30)18-8-6-17(7-9-18)26-24(33)21-15-20-22(28-29-25(20)35-21)27-23(32)16-4-3-5-19(14-16)34-2/h3-9,14-15H,10-13H2,1-2H3,(H,26,33)(H2,27,28,29,32). The molecule has 3 heterocycles. The maximum absolute atomic E-state index is 12.9. The first kappa shape index (κ1) is 22.9. The molecule has 5 rings (SSSR count). The Morgan fingerprint density at radius 2 is 1.77 bits per heavy atom. The number of likely N-dealkylation sites (N-methyl/N-ethyl adjacent to an activating group) is 1. The third kappa shape index (κ3) is 4.98. The number of hydrogen-bond donors (Lipinski definition) is 3. The monoisotopic (exact) mass is 490 g/mol. The lowest BCUT2D eigenvalue weighted by Gasteiger charge is -2.34. The smallest absolute Gasteiger partial charge is 0.265 e. The fraction of sp³-hybridized carbons (Fsp3) is 0.240. The summed E-state index contributed by atoms with van der Waals surface area (Å²) in [6, 6.07) is 16.5. The second-order valence-electron chi connectivity index (χ2n) is 8.40. The van der Waals surface area contributed by atoms with E-state index in [0.717, 1.165) is 37.6 Å². The van der Waals surface area contributed by atoms with Gasteiger partial charge in [0.15, 0.2) is 5.82 Å².